The normalized spacial score (nSPS) is 23.6. The Morgan fingerprint density at radius 3 is 3.07 bits per heavy atom. The molecule has 0 aromatic rings. The number of thioether (sulfide) groups is 2. The highest BCUT2D eigenvalue weighted by Gasteiger charge is 2.17. The molecule has 0 bridgehead atoms. The summed E-state index contributed by atoms with van der Waals surface area (Å²) in [5.41, 5.74) is 0. The topological polar surface area (TPSA) is 52.9 Å². The van der Waals surface area contributed by atoms with Gasteiger partial charge in [-0.05, 0) is 6.92 Å². The summed E-state index contributed by atoms with van der Waals surface area (Å²) < 4.78 is 0. The highest BCUT2D eigenvalue weighted by Crippen LogP contribution is 2.23. The summed E-state index contributed by atoms with van der Waals surface area (Å²) in [5, 5.41) is 11.8. The van der Waals surface area contributed by atoms with Crippen molar-refractivity contribution in [2.75, 3.05) is 23.8 Å². The first-order valence-corrected chi connectivity index (χ1v) is 6.81. The van der Waals surface area contributed by atoms with Gasteiger partial charge in [0.05, 0.1) is 6.07 Å². The number of hydrogen-bond acceptors (Lipinski definition) is 4. The lowest BCUT2D eigenvalue weighted by molar-refractivity contribution is -0.122. The minimum absolute atomic E-state index is 0.149. The number of carbonyl (C=O) groups is 1. The van der Waals surface area contributed by atoms with Crippen molar-refractivity contribution in [2.45, 2.75) is 12.2 Å². The van der Waals surface area contributed by atoms with Crippen LogP contribution in [0, 0.1) is 17.2 Å². The van der Waals surface area contributed by atoms with Gasteiger partial charge in [-0.3, -0.25) is 4.79 Å². The van der Waals surface area contributed by atoms with Crippen molar-refractivity contribution in [3.05, 3.63) is 0 Å². The Bertz CT molecular complexity index is 233. The molecule has 78 valence electrons. The van der Waals surface area contributed by atoms with Crippen molar-refractivity contribution in [3.63, 3.8) is 0 Å². The van der Waals surface area contributed by atoms with Gasteiger partial charge in [-0.15, -0.1) is 0 Å². The maximum Gasteiger partial charge on any atom is 0.237 e. The van der Waals surface area contributed by atoms with Crippen molar-refractivity contribution in [2.24, 2.45) is 5.92 Å². The fourth-order valence-electron chi connectivity index (χ4n) is 1.08. The lowest BCUT2D eigenvalue weighted by atomic mass is 10.2. The van der Waals surface area contributed by atoms with Gasteiger partial charge in [0.2, 0.25) is 5.91 Å². The molecule has 1 saturated heterocycles. The van der Waals surface area contributed by atoms with Crippen LogP contribution in [-0.2, 0) is 4.79 Å². The van der Waals surface area contributed by atoms with E-state index in [1.807, 2.05) is 29.6 Å². The van der Waals surface area contributed by atoms with Gasteiger partial charge < -0.3 is 5.32 Å². The lowest BCUT2D eigenvalue weighted by Gasteiger charge is -2.21. The molecule has 1 heterocycles. The third-order valence-electron chi connectivity index (χ3n) is 1.98. The second-order valence-corrected chi connectivity index (χ2v) is 5.72. The monoisotopic (exact) mass is 230 g/mol. The molecule has 1 aliphatic rings. The van der Waals surface area contributed by atoms with Crippen molar-refractivity contribution in [1.82, 2.24) is 5.32 Å². The molecule has 0 radical (unpaired) electrons. The van der Waals surface area contributed by atoms with Crippen LogP contribution in [0.3, 0.4) is 0 Å². The molecule has 1 aliphatic heterocycles. The molecular formula is C9H14N2OS2. The van der Waals surface area contributed by atoms with Crippen LogP contribution in [0.1, 0.15) is 6.92 Å². The largest absolute Gasteiger partial charge is 0.354 e. The summed E-state index contributed by atoms with van der Waals surface area (Å²) in [6.07, 6.45) is 0. The minimum atomic E-state index is -0.531. The summed E-state index contributed by atoms with van der Waals surface area (Å²) in [7, 11) is 0. The smallest absolute Gasteiger partial charge is 0.237 e. The van der Waals surface area contributed by atoms with E-state index in [1.165, 1.54) is 11.5 Å². The van der Waals surface area contributed by atoms with Crippen LogP contribution < -0.4 is 5.32 Å². The van der Waals surface area contributed by atoms with Crippen LogP contribution >= 0.6 is 23.5 Å². The lowest BCUT2D eigenvalue weighted by Crippen LogP contribution is -2.36. The maximum atomic E-state index is 11.3. The van der Waals surface area contributed by atoms with E-state index in [-0.39, 0.29) is 5.91 Å². The predicted octanol–water partition coefficient (Wildman–Crippen LogP) is 1.11. The van der Waals surface area contributed by atoms with E-state index in [9.17, 15) is 4.79 Å². The Morgan fingerprint density at radius 2 is 2.50 bits per heavy atom. The maximum absolute atomic E-state index is 11.3. The van der Waals surface area contributed by atoms with Crippen molar-refractivity contribution >= 4 is 29.4 Å². The number of nitrogens with one attached hydrogen (secondary N) is 1. The molecule has 1 N–H and O–H groups in total. The number of amides is 1. The van der Waals surface area contributed by atoms with Gasteiger partial charge in [-0.1, -0.05) is 0 Å². The van der Waals surface area contributed by atoms with Gasteiger partial charge in [0.25, 0.3) is 0 Å². The predicted molar refractivity (Wildman–Crippen MR) is 61.4 cm³/mol. The first kappa shape index (κ1) is 11.7. The molecule has 0 spiro atoms. The van der Waals surface area contributed by atoms with Gasteiger partial charge >= 0.3 is 0 Å². The highest BCUT2D eigenvalue weighted by molar-refractivity contribution is 8.06. The average Bonchev–Trinajstić information content (AvgIpc) is 2.26. The van der Waals surface area contributed by atoms with Crippen LogP contribution in [0.15, 0.2) is 0 Å². The van der Waals surface area contributed by atoms with Crippen LogP contribution in [-0.4, -0.2) is 35.0 Å². The number of nitrogens with zero attached hydrogens (tertiary/aromatic N) is 1. The first-order chi connectivity index (χ1) is 6.74. The summed E-state index contributed by atoms with van der Waals surface area (Å²) >= 11 is 3.84. The first-order valence-electron chi connectivity index (χ1n) is 4.60. The number of hydrogen-bond donors (Lipinski definition) is 1. The third kappa shape index (κ3) is 3.81. The van der Waals surface area contributed by atoms with Gasteiger partial charge in [0.1, 0.15) is 5.92 Å². The van der Waals surface area contributed by atoms with Crippen molar-refractivity contribution in [1.29, 1.82) is 5.26 Å². The van der Waals surface area contributed by atoms with Gasteiger partial charge in [0.15, 0.2) is 0 Å². The molecule has 0 aromatic carbocycles. The second-order valence-electron chi connectivity index (χ2n) is 3.16. The molecule has 0 aliphatic carbocycles. The summed E-state index contributed by atoms with van der Waals surface area (Å²) in [6, 6.07) is 1.93. The Hall–Kier alpha value is -0.340. The zero-order chi connectivity index (χ0) is 10.4. The highest BCUT2D eigenvalue weighted by atomic mass is 32.2. The molecule has 1 rings (SSSR count). The van der Waals surface area contributed by atoms with E-state index in [2.05, 4.69) is 5.32 Å². The molecule has 3 nitrogen and oxygen atoms in total. The molecule has 0 saturated carbocycles. The van der Waals surface area contributed by atoms with Crippen LogP contribution in [0.5, 0.6) is 0 Å². The third-order valence-corrected chi connectivity index (χ3v) is 4.82. The minimum Gasteiger partial charge on any atom is -0.354 e. The Balaban J connectivity index is 2.19. The van der Waals surface area contributed by atoms with Gasteiger partial charge in [-0.2, -0.15) is 28.8 Å². The van der Waals surface area contributed by atoms with Crippen LogP contribution in [0.2, 0.25) is 0 Å². The van der Waals surface area contributed by atoms with E-state index in [4.69, 9.17) is 5.26 Å². The summed E-state index contributed by atoms with van der Waals surface area (Å²) in [4.78, 5) is 11.3. The Labute approximate surface area is 93.0 Å². The van der Waals surface area contributed by atoms with E-state index in [0.717, 1.165) is 5.75 Å². The Morgan fingerprint density at radius 1 is 1.71 bits per heavy atom. The molecule has 0 aromatic heterocycles. The zero-order valence-corrected chi connectivity index (χ0v) is 9.79. The fourth-order valence-corrected chi connectivity index (χ4v) is 3.69. The quantitative estimate of drug-likeness (QED) is 0.789. The van der Waals surface area contributed by atoms with Crippen molar-refractivity contribution < 1.29 is 4.79 Å². The summed E-state index contributed by atoms with van der Waals surface area (Å²) in [6.45, 7) is 2.32. The molecule has 14 heavy (non-hydrogen) atoms. The Kier molecular flexibility index (Phi) is 5.20. The van der Waals surface area contributed by atoms with Gasteiger partial charge in [0, 0.05) is 29.1 Å². The molecule has 2 atom stereocenters. The number of nitriles is 1. The number of rotatable bonds is 3. The number of carbonyl (C=O) groups excluding carboxylic acids is 1. The second kappa shape index (κ2) is 6.20. The van der Waals surface area contributed by atoms with E-state index in [0.29, 0.717) is 11.8 Å². The summed E-state index contributed by atoms with van der Waals surface area (Å²) in [5.74, 6) is 2.80. The molecule has 1 amide bonds. The molecule has 5 heteroatoms. The van der Waals surface area contributed by atoms with E-state index < -0.39 is 5.92 Å². The SMILES string of the molecule is CC(C#N)C(=O)NCC1CSCCS1. The van der Waals surface area contributed by atoms with Crippen LogP contribution in [0.4, 0.5) is 0 Å². The fraction of sp³-hybridized carbons (Fsp3) is 0.778. The van der Waals surface area contributed by atoms with E-state index >= 15 is 0 Å². The average molecular weight is 230 g/mol. The van der Waals surface area contributed by atoms with E-state index in [1.54, 1.807) is 6.92 Å². The molecule has 2 unspecified atom stereocenters. The van der Waals surface area contributed by atoms with Gasteiger partial charge in [-0.25, -0.2) is 0 Å². The standard InChI is InChI=1S/C9H14N2OS2/c1-7(4-10)9(12)11-5-8-6-13-2-3-14-8/h7-8H,2-3,5-6H2,1H3,(H,11,12). The van der Waals surface area contributed by atoms with Crippen LogP contribution in [0.25, 0.3) is 0 Å². The zero-order valence-electron chi connectivity index (χ0n) is 8.16. The molecule has 1 fully saturated rings. The van der Waals surface area contributed by atoms with Crippen molar-refractivity contribution in [3.8, 4) is 6.07 Å². The molecular weight excluding hydrogens is 216 g/mol.